The normalized spacial score (nSPS) is 10.4. The third kappa shape index (κ3) is 3.69. The van der Waals surface area contributed by atoms with Crippen LogP contribution < -0.4 is 14.8 Å². The van der Waals surface area contributed by atoms with Crippen molar-refractivity contribution in [1.82, 2.24) is 9.78 Å². The predicted molar refractivity (Wildman–Crippen MR) is 100 cm³/mol. The van der Waals surface area contributed by atoms with Crippen molar-refractivity contribution in [3.8, 4) is 11.5 Å². The van der Waals surface area contributed by atoms with Crippen LogP contribution >= 0.6 is 0 Å². The van der Waals surface area contributed by atoms with Crippen LogP contribution in [-0.4, -0.2) is 29.9 Å². The van der Waals surface area contributed by atoms with Crippen molar-refractivity contribution in [2.24, 2.45) is 0 Å². The van der Waals surface area contributed by atoms with Gasteiger partial charge in [-0.15, -0.1) is 0 Å². The molecule has 0 unspecified atom stereocenters. The SMILES string of the molecule is COc1cccc(Cn2nccc2NC(=O)c2ccc(C)cc2)c1OC. The Morgan fingerprint density at radius 1 is 1.08 bits per heavy atom. The van der Waals surface area contributed by atoms with E-state index in [1.54, 1.807) is 43.3 Å². The van der Waals surface area contributed by atoms with Crippen molar-refractivity contribution < 1.29 is 14.3 Å². The van der Waals surface area contributed by atoms with Crippen molar-refractivity contribution in [3.05, 3.63) is 71.4 Å². The third-order valence-electron chi connectivity index (χ3n) is 4.08. The lowest BCUT2D eigenvalue weighted by Crippen LogP contribution is -2.16. The molecule has 6 nitrogen and oxygen atoms in total. The van der Waals surface area contributed by atoms with Gasteiger partial charge in [0.05, 0.1) is 27.0 Å². The lowest BCUT2D eigenvalue weighted by atomic mass is 10.1. The smallest absolute Gasteiger partial charge is 0.256 e. The zero-order valence-corrected chi connectivity index (χ0v) is 15.0. The Hall–Kier alpha value is -3.28. The van der Waals surface area contributed by atoms with E-state index in [1.165, 1.54) is 0 Å². The van der Waals surface area contributed by atoms with Gasteiger partial charge in [-0.25, -0.2) is 4.68 Å². The van der Waals surface area contributed by atoms with E-state index in [0.717, 1.165) is 11.1 Å². The van der Waals surface area contributed by atoms with Crippen LogP contribution in [0.5, 0.6) is 11.5 Å². The van der Waals surface area contributed by atoms with Crippen LogP contribution in [0.15, 0.2) is 54.7 Å². The molecule has 0 atom stereocenters. The summed E-state index contributed by atoms with van der Waals surface area (Å²) in [6.07, 6.45) is 1.65. The first-order valence-electron chi connectivity index (χ1n) is 8.22. The zero-order valence-electron chi connectivity index (χ0n) is 15.0. The second kappa shape index (κ2) is 7.74. The minimum absolute atomic E-state index is 0.177. The van der Waals surface area contributed by atoms with Crippen LogP contribution in [0.25, 0.3) is 0 Å². The molecule has 0 saturated heterocycles. The molecule has 1 amide bonds. The number of para-hydroxylation sites is 1. The zero-order chi connectivity index (χ0) is 18.5. The summed E-state index contributed by atoms with van der Waals surface area (Å²) >= 11 is 0. The van der Waals surface area contributed by atoms with Crippen molar-refractivity contribution in [2.75, 3.05) is 19.5 Å². The minimum atomic E-state index is -0.177. The standard InChI is InChI=1S/C20H21N3O3/c1-14-7-9-15(10-8-14)20(24)22-18-11-12-21-23(18)13-16-5-4-6-17(25-2)19(16)26-3/h4-12H,13H2,1-3H3,(H,22,24). The van der Waals surface area contributed by atoms with Crippen LogP contribution in [0.4, 0.5) is 5.82 Å². The molecule has 0 saturated carbocycles. The number of hydrogen-bond donors (Lipinski definition) is 1. The molecule has 1 heterocycles. The molecule has 3 aromatic rings. The van der Waals surface area contributed by atoms with E-state index in [4.69, 9.17) is 9.47 Å². The van der Waals surface area contributed by atoms with Gasteiger partial charge in [0.2, 0.25) is 0 Å². The maximum atomic E-state index is 12.5. The number of carbonyl (C=O) groups is 1. The molecule has 2 aromatic carbocycles. The summed E-state index contributed by atoms with van der Waals surface area (Å²) in [5.41, 5.74) is 2.61. The van der Waals surface area contributed by atoms with Gasteiger partial charge in [-0.3, -0.25) is 4.79 Å². The van der Waals surface area contributed by atoms with Crippen molar-refractivity contribution in [3.63, 3.8) is 0 Å². The summed E-state index contributed by atoms with van der Waals surface area (Å²) < 4.78 is 12.5. The number of ether oxygens (including phenoxy) is 2. The van der Waals surface area contributed by atoms with Gasteiger partial charge < -0.3 is 14.8 Å². The number of anilines is 1. The summed E-state index contributed by atoms with van der Waals surface area (Å²) in [7, 11) is 3.20. The van der Waals surface area contributed by atoms with Gasteiger partial charge in [0.15, 0.2) is 11.5 Å². The second-order valence-corrected chi connectivity index (χ2v) is 5.85. The maximum absolute atomic E-state index is 12.5. The van der Waals surface area contributed by atoms with Gasteiger partial charge >= 0.3 is 0 Å². The summed E-state index contributed by atoms with van der Waals surface area (Å²) in [4.78, 5) is 12.5. The topological polar surface area (TPSA) is 65.4 Å². The number of hydrogen-bond acceptors (Lipinski definition) is 4. The van der Waals surface area contributed by atoms with Crippen molar-refractivity contribution in [1.29, 1.82) is 0 Å². The first-order valence-corrected chi connectivity index (χ1v) is 8.22. The highest BCUT2D eigenvalue weighted by Crippen LogP contribution is 2.31. The highest BCUT2D eigenvalue weighted by molar-refractivity contribution is 6.03. The van der Waals surface area contributed by atoms with Gasteiger partial charge in [-0.05, 0) is 25.1 Å². The molecule has 3 rings (SSSR count). The monoisotopic (exact) mass is 351 g/mol. The fourth-order valence-corrected chi connectivity index (χ4v) is 2.70. The van der Waals surface area contributed by atoms with E-state index in [2.05, 4.69) is 10.4 Å². The van der Waals surface area contributed by atoms with Gasteiger partial charge in [-0.2, -0.15) is 5.10 Å². The fraction of sp³-hybridized carbons (Fsp3) is 0.200. The lowest BCUT2D eigenvalue weighted by Gasteiger charge is -2.14. The Kier molecular flexibility index (Phi) is 5.22. The molecule has 134 valence electrons. The average molecular weight is 351 g/mol. The van der Waals surface area contributed by atoms with Crippen LogP contribution in [0.3, 0.4) is 0 Å². The van der Waals surface area contributed by atoms with Crippen molar-refractivity contribution in [2.45, 2.75) is 13.5 Å². The molecule has 0 aliphatic rings. The Balaban J connectivity index is 1.81. The maximum Gasteiger partial charge on any atom is 0.256 e. The predicted octanol–water partition coefficient (Wildman–Crippen LogP) is 3.51. The Morgan fingerprint density at radius 2 is 1.85 bits per heavy atom. The van der Waals surface area contributed by atoms with E-state index >= 15 is 0 Å². The molecular weight excluding hydrogens is 330 g/mol. The number of nitrogens with one attached hydrogen (secondary N) is 1. The number of benzene rings is 2. The van der Waals surface area contributed by atoms with Crippen molar-refractivity contribution >= 4 is 11.7 Å². The molecule has 0 aliphatic carbocycles. The van der Waals surface area contributed by atoms with Gasteiger partial charge in [0.25, 0.3) is 5.91 Å². The number of aryl methyl sites for hydroxylation is 1. The third-order valence-corrected chi connectivity index (χ3v) is 4.08. The van der Waals surface area contributed by atoms with Crippen LogP contribution in [-0.2, 0) is 6.54 Å². The lowest BCUT2D eigenvalue weighted by molar-refractivity contribution is 0.102. The van der Waals surface area contributed by atoms with Gasteiger partial charge in [-0.1, -0.05) is 29.8 Å². The van der Waals surface area contributed by atoms with Gasteiger partial charge in [0, 0.05) is 17.2 Å². The molecule has 0 bridgehead atoms. The van der Waals surface area contributed by atoms with E-state index < -0.39 is 0 Å². The molecule has 1 aromatic heterocycles. The first-order chi connectivity index (χ1) is 12.6. The summed E-state index contributed by atoms with van der Waals surface area (Å²) in [5.74, 6) is 1.74. The fourth-order valence-electron chi connectivity index (χ4n) is 2.70. The minimum Gasteiger partial charge on any atom is -0.493 e. The summed E-state index contributed by atoms with van der Waals surface area (Å²) in [6, 6.07) is 14.9. The van der Waals surface area contributed by atoms with Crippen LogP contribution in [0, 0.1) is 6.92 Å². The second-order valence-electron chi connectivity index (χ2n) is 5.85. The first kappa shape index (κ1) is 17.5. The molecule has 0 spiro atoms. The Labute approximate surface area is 152 Å². The number of carbonyl (C=O) groups excluding carboxylic acids is 1. The number of amides is 1. The van der Waals surface area contributed by atoms with Crippen LogP contribution in [0.2, 0.25) is 0 Å². The average Bonchev–Trinajstić information content (AvgIpc) is 3.08. The summed E-state index contributed by atoms with van der Waals surface area (Å²) in [6.45, 7) is 2.43. The Morgan fingerprint density at radius 3 is 2.54 bits per heavy atom. The highest BCUT2D eigenvalue weighted by Gasteiger charge is 2.14. The molecule has 0 aliphatic heterocycles. The molecule has 26 heavy (non-hydrogen) atoms. The van der Waals surface area contributed by atoms with Gasteiger partial charge in [0.1, 0.15) is 5.82 Å². The molecule has 1 N–H and O–H groups in total. The van der Waals surface area contributed by atoms with Crippen LogP contribution in [0.1, 0.15) is 21.5 Å². The van der Waals surface area contributed by atoms with E-state index in [9.17, 15) is 4.79 Å². The quantitative estimate of drug-likeness (QED) is 0.738. The van der Waals surface area contributed by atoms with E-state index in [1.807, 2.05) is 37.3 Å². The highest BCUT2D eigenvalue weighted by atomic mass is 16.5. The number of rotatable bonds is 6. The molecular formula is C20H21N3O3. The van der Waals surface area contributed by atoms with E-state index in [0.29, 0.717) is 29.4 Å². The summed E-state index contributed by atoms with van der Waals surface area (Å²) in [5, 5.41) is 7.21. The molecule has 0 fully saturated rings. The molecule has 0 radical (unpaired) electrons. The molecule has 6 heteroatoms. The number of aromatic nitrogens is 2. The largest absolute Gasteiger partial charge is 0.493 e. The number of methoxy groups -OCH3 is 2. The van der Waals surface area contributed by atoms with E-state index in [-0.39, 0.29) is 5.91 Å². The number of nitrogens with zero attached hydrogens (tertiary/aromatic N) is 2. The Bertz CT molecular complexity index is 901.